The molecule has 3 N–H and O–H groups in total. The quantitative estimate of drug-likeness (QED) is 0.572. The lowest BCUT2D eigenvalue weighted by Crippen LogP contribution is -2.10. The van der Waals surface area contributed by atoms with E-state index in [1.807, 2.05) is 0 Å². The smallest absolute Gasteiger partial charge is 0.351 e. The maximum atomic E-state index is 10.6. The van der Waals surface area contributed by atoms with Crippen molar-refractivity contribution in [1.29, 1.82) is 0 Å². The van der Waals surface area contributed by atoms with Gasteiger partial charge in [0.05, 0.1) is 6.61 Å². The van der Waals surface area contributed by atoms with Gasteiger partial charge in [-0.1, -0.05) is 18.2 Å². The van der Waals surface area contributed by atoms with Crippen molar-refractivity contribution in [2.45, 2.75) is 0 Å². The lowest BCUT2D eigenvalue weighted by Gasteiger charge is -2.08. The summed E-state index contributed by atoms with van der Waals surface area (Å²) < 4.78 is 10.3. The van der Waals surface area contributed by atoms with E-state index in [4.69, 9.17) is 20.3 Å². The second-order valence-corrected chi connectivity index (χ2v) is 3.28. The molecule has 0 amide bonds. The van der Waals surface area contributed by atoms with Gasteiger partial charge in [0.1, 0.15) is 18.1 Å². The van der Waals surface area contributed by atoms with Crippen LogP contribution in [0.25, 0.3) is 6.08 Å². The maximum Gasteiger partial charge on any atom is 0.351 e. The van der Waals surface area contributed by atoms with E-state index < -0.39 is 5.97 Å². The Morgan fingerprint density at radius 2 is 2.12 bits per heavy atom. The number of ether oxygens (including phenoxy) is 2. The summed E-state index contributed by atoms with van der Waals surface area (Å²) >= 11 is 0. The predicted molar refractivity (Wildman–Crippen MR) is 63.6 cm³/mol. The molecule has 1 aromatic carbocycles. The van der Waals surface area contributed by atoms with Crippen molar-refractivity contribution in [2.75, 3.05) is 20.3 Å². The number of rotatable bonds is 6. The molecule has 0 radical (unpaired) electrons. The number of hydrogen-bond donors (Lipinski definition) is 2. The van der Waals surface area contributed by atoms with Gasteiger partial charge in [0, 0.05) is 12.7 Å². The van der Waals surface area contributed by atoms with Crippen molar-refractivity contribution in [3.63, 3.8) is 0 Å². The van der Waals surface area contributed by atoms with Gasteiger partial charge in [0.25, 0.3) is 0 Å². The van der Waals surface area contributed by atoms with Gasteiger partial charge >= 0.3 is 5.97 Å². The van der Waals surface area contributed by atoms with Crippen LogP contribution in [0.5, 0.6) is 5.75 Å². The Labute approximate surface area is 99.5 Å². The minimum Gasteiger partial charge on any atom is -0.491 e. The second-order valence-electron chi connectivity index (χ2n) is 3.28. The number of nitrogens with two attached hydrogens (primary N) is 1. The molecule has 0 atom stereocenters. The summed E-state index contributed by atoms with van der Waals surface area (Å²) in [5.74, 6) is -0.578. The minimum absolute atomic E-state index is 0.229. The number of hydrogen-bond acceptors (Lipinski definition) is 4. The van der Waals surface area contributed by atoms with Crippen LogP contribution < -0.4 is 10.5 Å². The molecule has 0 bridgehead atoms. The van der Waals surface area contributed by atoms with Crippen LogP contribution in [-0.2, 0) is 9.53 Å². The maximum absolute atomic E-state index is 10.6. The first-order chi connectivity index (χ1) is 8.15. The second kappa shape index (κ2) is 6.55. The van der Waals surface area contributed by atoms with Crippen LogP contribution in [0.3, 0.4) is 0 Å². The van der Waals surface area contributed by atoms with Crippen molar-refractivity contribution in [3.8, 4) is 5.75 Å². The fourth-order valence-corrected chi connectivity index (χ4v) is 1.20. The molecule has 0 aromatic heterocycles. The summed E-state index contributed by atoms with van der Waals surface area (Å²) in [5, 5.41) is 8.69. The molecule has 0 aliphatic heterocycles. The molecule has 0 spiro atoms. The van der Waals surface area contributed by atoms with Crippen LogP contribution in [0.15, 0.2) is 30.0 Å². The van der Waals surface area contributed by atoms with E-state index in [0.29, 0.717) is 24.5 Å². The Morgan fingerprint density at radius 3 is 2.76 bits per heavy atom. The van der Waals surface area contributed by atoms with E-state index >= 15 is 0 Å². The molecule has 92 valence electrons. The highest BCUT2D eigenvalue weighted by Gasteiger charge is 2.05. The first-order valence-electron chi connectivity index (χ1n) is 5.06. The summed E-state index contributed by atoms with van der Waals surface area (Å²) in [6, 6.07) is 7.06. The normalized spacial score (nSPS) is 11.2. The number of para-hydroxylation sites is 1. The average Bonchev–Trinajstić information content (AvgIpc) is 2.31. The lowest BCUT2D eigenvalue weighted by molar-refractivity contribution is -0.132. The molecule has 0 aliphatic carbocycles. The Kier molecular flexibility index (Phi) is 5.03. The Balaban J connectivity index is 2.84. The number of carbonyl (C=O) groups is 1. The molecule has 5 heteroatoms. The van der Waals surface area contributed by atoms with Crippen molar-refractivity contribution in [1.82, 2.24) is 0 Å². The van der Waals surface area contributed by atoms with Gasteiger partial charge in [-0.25, -0.2) is 4.79 Å². The lowest BCUT2D eigenvalue weighted by atomic mass is 10.1. The zero-order valence-corrected chi connectivity index (χ0v) is 9.55. The van der Waals surface area contributed by atoms with Gasteiger partial charge < -0.3 is 20.3 Å². The van der Waals surface area contributed by atoms with E-state index in [2.05, 4.69) is 0 Å². The molecule has 0 unspecified atom stereocenters. The first kappa shape index (κ1) is 13.1. The number of carboxylic acid groups (broad SMARTS) is 1. The molecule has 0 fully saturated rings. The third-order valence-electron chi connectivity index (χ3n) is 2.02. The number of aliphatic carboxylic acids is 1. The fourth-order valence-electron chi connectivity index (χ4n) is 1.20. The molecule has 1 aromatic rings. The highest BCUT2D eigenvalue weighted by atomic mass is 16.5. The van der Waals surface area contributed by atoms with E-state index in [1.165, 1.54) is 6.08 Å². The molecule has 5 nitrogen and oxygen atoms in total. The van der Waals surface area contributed by atoms with Crippen LogP contribution in [-0.4, -0.2) is 31.4 Å². The Hall–Kier alpha value is -2.01. The third-order valence-corrected chi connectivity index (χ3v) is 2.02. The van der Waals surface area contributed by atoms with E-state index in [1.54, 1.807) is 31.4 Å². The van der Waals surface area contributed by atoms with Gasteiger partial charge in [-0.3, -0.25) is 0 Å². The van der Waals surface area contributed by atoms with Gasteiger partial charge in [-0.05, 0) is 12.1 Å². The molecular formula is C12H15NO4. The van der Waals surface area contributed by atoms with Crippen LogP contribution >= 0.6 is 0 Å². The van der Waals surface area contributed by atoms with Crippen molar-refractivity contribution in [2.24, 2.45) is 5.73 Å². The summed E-state index contributed by atoms with van der Waals surface area (Å²) in [5.41, 5.74) is 5.75. The van der Waals surface area contributed by atoms with Crippen molar-refractivity contribution >= 4 is 12.0 Å². The number of methoxy groups -OCH3 is 1. The molecule has 0 saturated heterocycles. The number of benzene rings is 1. The Morgan fingerprint density at radius 1 is 1.41 bits per heavy atom. The topological polar surface area (TPSA) is 81.8 Å². The molecule has 1 rings (SSSR count). The van der Waals surface area contributed by atoms with Crippen molar-refractivity contribution in [3.05, 3.63) is 35.5 Å². The molecule has 0 heterocycles. The van der Waals surface area contributed by atoms with Gasteiger partial charge in [0.2, 0.25) is 0 Å². The molecule has 17 heavy (non-hydrogen) atoms. The summed E-state index contributed by atoms with van der Waals surface area (Å²) in [6.07, 6.45) is 1.37. The predicted octanol–water partition coefficient (Wildman–Crippen LogP) is 1.10. The Bertz CT molecular complexity index is 415. The van der Waals surface area contributed by atoms with Crippen LogP contribution in [0.1, 0.15) is 5.56 Å². The standard InChI is InChI=1S/C12H15NO4/c1-16-6-7-17-11-5-3-2-4-9(11)8-10(13)12(14)15/h2-5,8H,6-7,13H2,1H3,(H,14,15)/b10-8+. The largest absolute Gasteiger partial charge is 0.491 e. The van der Waals surface area contributed by atoms with Gasteiger partial charge in [-0.2, -0.15) is 0 Å². The van der Waals surface area contributed by atoms with E-state index in [9.17, 15) is 4.79 Å². The number of carboxylic acids is 1. The first-order valence-corrected chi connectivity index (χ1v) is 5.06. The van der Waals surface area contributed by atoms with E-state index in [-0.39, 0.29) is 5.70 Å². The van der Waals surface area contributed by atoms with Crippen molar-refractivity contribution < 1.29 is 19.4 Å². The molecule has 0 aliphatic rings. The monoisotopic (exact) mass is 237 g/mol. The average molecular weight is 237 g/mol. The molecular weight excluding hydrogens is 222 g/mol. The summed E-state index contributed by atoms with van der Waals surface area (Å²) in [4.78, 5) is 10.6. The fraction of sp³-hybridized carbons (Fsp3) is 0.250. The van der Waals surface area contributed by atoms with Gasteiger partial charge in [0.15, 0.2) is 0 Å². The third kappa shape index (κ3) is 4.16. The SMILES string of the molecule is COCCOc1ccccc1/C=C(/N)C(=O)O. The highest BCUT2D eigenvalue weighted by molar-refractivity contribution is 5.91. The zero-order chi connectivity index (χ0) is 12.7. The van der Waals surface area contributed by atoms with Crippen LogP contribution in [0, 0.1) is 0 Å². The van der Waals surface area contributed by atoms with Crippen LogP contribution in [0.2, 0.25) is 0 Å². The summed E-state index contributed by atoms with van der Waals surface area (Å²) in [6.45, 7) is 0.862. The molecule has 0 saturated carbocycles. The van der Waals surface area contributed by atoms with E-state index in [0.717, 1.165) is 0 Å². The van der Waals surface area contributed by atoms with Crippen LogP contribution in [0.4, 0.5) is 0 Å². The minimum atomic E-state index is -1.16. The van der Waals surface area contributed by atoms with Gasteiger partial charge in [-0.15, -0.1) is 0 Å². The zero-order valence-electron chi connectivity index (χ0n) is 9.55. The summed E-state index contributed by atoms with van der Waals surface area (Å²) in [7, 11) is 1.58. The highest BCUT2D eigenvalue weighted by Crippen LogP contribution is 2.20.